The Hall–Kier alpha value is 0.590. The van der Waals surface area contributed by atoms with Gasteiger partial charge in [-0.1, -0.05) is 0 Å². The summed E-state index contributed by atoms with van der Waals surface area (Å²) < 4.78 is 76.3. The quantitative estimate of drug-likeness (QED) is 0.421. The van der Waals surface area contributed by atoms with E-state index in [1.807, 2.05) is 0 Å². The minimum absolute atomic E-state index is 0. The van der Waals surface area contributed by atoms with E-state index >= 15 is 0 Å². The molecule has 0 saturated carbocycles. The molecule has 0 fully saturated rings. The molecule has 0 aliphatic rings. The Labute approximate surface area is 99.3 Å². The third kappa shape index (κ3) is 3.31. The van der Waals surface area contributed by atoms with Gasteiger partial charge in [-0.3, -0.25) is 4.55 Å². The van der Waals surface area contributed by atoms with Crippen molar-refractivity contribution in [1.29, 1.82) is 0 Å². The first-order valence-electron chi connectivity index (χ1n) is 2.90. The fourth-order valence-corrected chi connectivity index (χ4v) is 0.954. The van der Waals surface area contributed by atoms with E-state index in [1.54, 1.807) is 0 Å². The van der Waals surface area contributed by atoms with E-state index in [9.17, 15) is 26.0 Å². The van der Waals surface area contributed by atoms with Crippen LogP contribution in [0.1, 0.15) is 6.42 Å². The minimum Gasteiger partial charge on any atom is -0.396 e. The molecule has 0 heterocycles. The van der Waals surface area contributed by atoms with Crippen LogP contribution in [-0.4, -0.2) is 65.4 Å². The molecule has 81 valence electrons. The van der Waals surface area contributed by atoms with Gasteiger partial charge in [0.25, 0.3) is 0 Å². The first-order chi connectivity index (χ1) is 5.56. The summed E-state index contributed by atoms with van der Waals surface area (Å²) in [5.74, 6) is -4.99. The topological polar surface area (TPSA) is 74.6 Å². The van der Waals surface area contributed by atoms with Crippen molar-refractivity contribution in [3.63, 3.8) is 0 Å². The Bertz CT molecular complexity index is 277. The Morgan fingerprint density at radius 3 is 1.71 bits per heavy atom. The molecule has 0 aromatic carbocycles. The van der Waals surface area contributed by atoms with Gasteiger partial charge >= 0.3 is 21.3 Å². The van der Waals surface area contributed by atoms with Crippen molar-refractivity contribution < 1.29 is 35.6 Å². The van der Waals surface area contributed by atoms with Gasteiger partial charge in [-0.2, -0.15) is 26.0 Å². The Morgan fingerprint density at radius 1 is 1.14 bits per heavy atom. The van der Waals surface area contributed by atoms with Crippen LogP contribution in [0.25, 0.3) is 0 Å². The number of halogens is 4. The fourth-order valence-electron chi connectivity index (χ4n) is 0.475. The van der Waals surface area contributed by atoms with E-state index < -0.39 is 34.3 Å². The number of aliphatic hydroxyl groups is 1. The van der Waals surface area contributed by atoms with Crippen LogP contribution < -0.4 is 0 Å². The molecule has 4 nitrogen and oxygen atoms in total. The summed E-state index contributed by atoms with van der Waals surface area (Å²) in [6.07, 6.45) is -1.75. The van der Waals surface area contributed by atoms with Gasteiger partial charge in [0.1, 0.15) is 0 Å². The van der Waals surface area contributed by atoms with Crippen LogP contribution >= 0.6 is 0 Å². The van der Waals surface area contributed by atoms with Crippen LogP contribution in [0.2, 0.25) is 0 Å². The predicted octanol–water partition coefficient (Wildman–Crippen LogP) is 0.104. The van der Waals surface area contributed by atoms with Crippen molar-refractivity contribution in [3.8, 4) is 0 Å². The normalized spacial score (nSPS) is 13.6. The van der Waals surface area contributed by atoms with Crippen LogP contribution in [0.5, 0.6) is 0 Å². The third-order valence-corrected chi connectivity index (χ3v) is 2.12. The first-order valence-corrected chi connectivity index (χ1v) is 4.34. The Kier molecular flexibility index (Phi) is 6.17. The second kappa shape index (κ2) is 5.08. The molecule has 0 saturated heterocycles. The van der Waals surface area contributed by atoms with Gasteiger partial charge < -0.3 is 5.11 Å². The predicted molar refractivity (Wildman–Crippen MR) is 38.9 cm³/mol. The number of hydrogen-bond acceptors (Lipinski definition) is 3. The van der Waals surface area contributed by atoms with Gasteiger partial charge in [0.05, 0.1) is 0 Å². The number of rotatable bonds is 4. The van der Waals surface area contributed by atoms with Gasteiger partial charge in [0.2, 0.25) is 0 Å². The number of hydrogen-bond donors (Lipinski definition) is 2. The van der Waals surface area contributed by atoms with Crippen LogP contribution in [0.4, 0.5) is 17.6 Å². The molecule has 0 rings (SSSR count). The van der Waals surface area contributed by atoms with Crippen LogP contribution in [-0.2, 0) is 10.1 Å². The summed E-state index contributed by atoms with van der Waals surface area (Å²) in [4.78, 5) is 0. The third-order valence-electron chi connectivity index (χ3n) is 1.18. The van der Waals surface area contributed by atoms with E-state index in [4.69, 9.17) is 9.66 Å². The molecule has 14 heavy (non-hydrogen) atoms. The van der Waals surface area contributed by atoms with E-state index in [0.29, 0.717) is 0 Å². The number of alkyl halides is 4. The van der Waals surface area contributed by atoms with E-state index in [0.717, 1.165) is 0 Å². The molecule has 0 atom stereocenters. The summed E-state index contributed by atoms with van der Waals surface area (Å²) in [5, 5.41) is 2.36. The molecule has 0 aliphatic carbocycles. The van der Waals surface area contributed by atoms with Crippen LogP contribution in [0.15, 0.2) is 0 Å². The van der Waals surface area contributed by atoms with Gasteiger partial charge in [0.15, 0.2) is 0 Å². The molecule has 0 spiro atoms. The van der Waals surface area contributed by atoms with Crippen molar-refractivity contribution in [2.24, 2.45) is 0 Å². The van der Waals surface area contributed by atoms with Crippen molar-refractivity contribution in [3.05, 3.63) is 0 Å². The molecule has 0 aliphatic heterocycles. The van der Waals surface area contributed by atoms with Crippen LogP contribution in [0, 0.1) is 0 Å². The average Bonchev–Trinajstić information content (AvgIpc) is 1.84. The molecular formula is C4H6F4NaO4S. The second-order valence-electron chi connectivity index (χ2n) is 2.17. The van der Waals surface area contributed by atoms with Gasteiger partial charge in [-0.05, 0) is 0 Å². The monoisotopic (exact) mass is 249 g/mol. The van der Waals surface area contributed by atoms with Gasteiger partial charge in [0, 0.05) is 42.6 Å². The van der Waals surface area contributed by atoms with Gasteiger partial charge in [-0.15, -0.1) is 0 Å². The maximum atomic E-state index is 12.2. The Morgan fingerprint density at radius 2 is 1.50 bits per heavy atom. The maximum Gasteiger partial charge on any atom is 0.431 e. The molecule has 2 N–H and O–H groups in total. The summed E-state index contributed by atoms with van der Waals surface area (Å²) >= 11 is 0. The van der Waals surface area contributed by atoms with Crippen molar-refractivity contribution in [2.45, 2.75) is 17.6 Å². The Balaban J connectivity index is 0. The maximum absolute atomic E-state index is 12.2. The van der Waals surface area contributed by atoms with Crippen molar-refractivity contribution >= 4 is 39.7 Å². The first kappa shape index (κ1) is 17.0. The smallest absolute Gasteiger partial charge is 0.396 e. The summed E-state index contributed by atoms with van der Waals surface area (Å²) in [5.41, 5.74) is 0. The van der Waals surface area contributed by atoms with Crippen molar-refractivity contribution in [1.82, 2.24) is 0 Å². The summed E-state index contributed by atoms with van der Waals surface area (Å²) in [6, 6.07) is 0. The molecule has 0 bridgehead atoms. The zero-order valence-electron chi connectivity index (χ0n) is 7.05. The second-order valence-corrected chi connectivity index (χ2v) is 3.63. The number of aliphatic hydroxyl groups excluding tert-OH is 1. The zero-order chi connectivity index (χ0) is 10.9. The minimum atomic E-state index is -6.18. The summed E-state index contributed by atoms with van der Waals surface area (Å²) in [6.45, 7) is -1.32. The fraction of sp³-hybridized carbons (Fsp3) is 1.00. The van der Waals surface area contributed by atoms with Crippen molar-refractivity contribution in [2.75, 3.05) is 6.61 Å². The largest absolute Gasteiger partial charge is 0.431 e. The molecule has 0 amide bonds. The van der Waals surface area contributed by atoms with E-state index in [2.05, 4.69) is 0 Å². The van der Waals surface area contributed by atoms with Crippen LogP contribution in [0.3, 0.4) is 0 Å². The SMILES string of the molecule is O=S(=O)(O)C(F)(F)C(F)(F)CCO.[Na]. The molecule has 10 heteroatoms. The van der Waals surface area contributed by atoms with Gasteiger partial charge in [-0.25, -0.2) is 0 Å². The molecular weight excluding hydrogens is 243 g/mol. The summed E-state index contributed by atoms with van der Waals surface area (Å²) in [7, 11) is -6.18. The molecule has 0 aromatic heterocycles. The molecule has 0 aromatic rings. The zero-order valence-corrected chi connectivity index (χ0v) is 9.86. The standard InChI is InChI=1S/C4H6F4O4S.Na/c5-3(6,1-2-9)4(7,8)13(10,11)12;/h9H,1-2H2,(H,10,11,12);. The van der Waals surface area contributed by atoms with E-state index in [1.165, 1.54) is 0 Å². The average molecular weight is 249 g/mol. The van der Waals surface area contributed by atoms with E-state index in [-0.39, 0.29) is 29.6 Å². The molecule has 0 unspecified atom stereocenters. The molecule has 1 radical (unpaired) electrons.